The predicted octanol–water partition coefficient (Wildman–Crippen LogP) is 2.70. The van der Waals surface area contributed by atoms with Crippen molar-refractivity contribution >= 4 is 41.6 Å². The van der Waals surface area contributed by atoms with Gasteiger partial charge in [-0.1, -0.05) is 11.3 Å². The Morgan fingerprint density at radius 1 is 1.29 bits per heavy atom. The van der Waals surface area contributed by atoms with Crippen molar-refractivity contribution < 1.29 is 4.79 Å². The van der Waals surface area contributed by atoms with Gasteiger partial charge in [0.15, 0.2) is 5.69 Å². The number of rotatable bonds is 5. The lowest BCUT2D eigenvalue weighted by molar-refractivity contribution is 0.0946. The molecule has 2 aromatic heterocycles. The van der Waals surface area contributed by atoms with Crippen molar-refractivity contribution in [2.45, 2.75) is 19.8 Å². The van der Waals surface area contributed by atoms with Gasteiger partial charge in [0.25, 0.3) is 5.91 Å². The Hall–Kier alpha value is -2.22. The molecule has 4 rings (SSSR count). The van der Waals surface area contributed by atoms with Gasteiger partial charge >= 0.3 is 0 Å². The van der Waals surface area contributed by atoms with E-state index in [1.807, 2.05) is 37.3 Å². The summed E-state index contributed by atoms with van der Waals surface area (Å²) in [5, 5.41) is 15.6. The molecule has 0 saturated carbocycles. The molecule has 3 aromatic rings. The lowest BCUT2D eigenvalue weighted by Gasteiger charge is -2.09. The number of nitrogens with zero attached hydrogens (tertiary/aromatic N) is 4. The van der Waals surface area contributed by atoms with Crippen LogP contribution in [0.2, 0.25) is 0 Å². The van der Waals surface area contributed by atoms with E-state index < -0.39 is 0 Å². The van der Waals surface area contributed by atoms with E-state index in [2.05, 4.69) is 25.9 Å². The Labute approximate surface area is 176 Å². The fraction of sp³-hybridized carbons (Fsp3) is 0.368. The molecular weight excluding hydrogens is 399 g/mol. The van der Waals surface area contributed by atoms with Gasteiger partial charge in [-0.25, -0.2) is 4.68 Å². The number of pyridine rings is 1. The van der Waals surface area contributed by atoms with E-state index in [4.69, 9.17) is 0 Å². The highest BCUT2D eigenvalue weighted by Crippen LogP contribution is 2.21. The Morgan fingerprint density at radius 2 is 2.14 bits per heavy atom. The molecule has 1 aromatic carbocycles. The molecular formula is C19H24Cl2N6O. The first kappa shape index (κ1) is 22.1. The van der Waals surface area contributed by atoms with Crippen molar-refractivity contribution in [3.63, 3.8) is 0 Å². The first-order valence-corrected chi connectivity index (χ1v) is 8.99. The van der Waals surface area contributed by atoms with Crippen molar-refractivity contribution in [1.82, 2.24) is 30.6 Å². The highest BCUT2D eigenvalue weighted by molar-refractivity contribution is 5.94. The molecule has 1 atom stereocenters. The second-order valence-electron chi connectivity index (χ2n) is 6.69. The van der Waals surface area contributed by atoms with E-state index in [-0.39, 0.29) is 30.7 Å². The smallest absolute Gasteiger partial charge is 0.273 e. The van der Waals surface area contributed by atoms with Gasteiger partial charge in [-0.3, -0.25) is 9.78 Å². The Morgan fingerprint density at radius 3 is 2.93 bits per heavy atom. The topological polar surface area (TPSA) is 84.7 Å². The molecule has 1 amide bonds. The van der Waals surface area contributed by atoms with Gasteiger partial charge in [0.2, 0.25) is 0 Å². The van der Waals surface area contributed by atoms with Gasteiger partial charge in [0.1, 0.15) is 0 Å². The monoisotopic (exact) mass is 422 g/mol. The van der Waals surface area contributed by atoms with Crippen LogP contribution in [0.15, 0.2) is 36.5 Å². The van der Waals surface area contributed by atoms with Gasteiger partial charge in [0, 0.05) is 18.1 Å². The number of hydrogen-bond donors (Lipinski definition) is 2. The van der Waals surface area contributed by atoms with Crippen LogP contribution in [0.1, 0.15) is 29.0 Å². The number of fused-ring (bicyclic) bond motifs is 1. The number of aromatic nitrogens is 4. The Balaban J connectivity index is 0.00000140. The van der Waals surface area contributed by atoms with Crippen LogP contribution >= 0.6 is 24.8 Å². The van der Waals surface area contributed by atoms with Crippen LogP contribution in [-0.4, -0.2) is 45.5 Å². The molecule has 1 saturated heterocycles. The number of benzene rings is 1. The third kappa shape index (κ3) is 4.43. The zero-order valence-corrected chi connectivity index (χ0v) is 17.2. The number of hydrogen-bond acceptors (Lipinski definition) is 5. The molecule has 28 heavy (non-hydrogen) atoms. The standard InChI is InChI=1S/C19H22N6O.2ClH/c1-13-18(19(26)22-11-8-14-7-10-20-12-14)23-24-25(13)17-6-2-5-16-15(17)4-3-9-21-16;;/h2-6,9,14,20H,7-8,10-12H2,1H3,(H,22,26);2*1H. The average molecular weight is 423 g/mol. The summed E-state index contributed by atoms with van der Waals surface area (Å²) in [6.07, 6.45) is 3.93. The zero-order valence-electron chi connectivity index (χ0n) is 15.6. The quantitative estimate of drug-likeness (QED) is 0.659. The first-order valence-electron chi connectivity index (χ1n) is 8.99. The molecule has 3 heterocycles. The Bertz CT molecular complexity index is 934. The first-order chi connectivity index (χ1) is 12.7. The molecule has 150 valence electrons. The normalized spacial score (nSPS) is 15.7. The van der Waals surface area contributed by atoms with Crippen LogP contribution in [0.4, 0.5) is 0 Å². The maximum atomic E-state index is 12.5. The van der Waals surface area contributed by atoms with E-state index in [1.165, 1.54) is 6.42 Å². The van der Waals surface area contributed by atoms with E-state index in [1.54, 1.807) is 10.9 Å². The summed E-state index contributed by atoms with van der Waals surface area (Å²) >= 11 is 0. The van der Waals surface area contributed by atoms with Crippen LogP contribution in [-0.2, 0) is 0 Å². The van der Waals surface area contributed by atoms with Gasteiger partial charge in [-0.15, -0.1) is 29.9 Å². The number of amides is 1. The van der Waals surface area contributed by atoms with E-state index >= 15 is 0 Å². The molecule has 0 bridgehead atoms. The maximum Gasteiger partial charge on any atom is 0.273 e. The highest BCUT2D eigenvalue weighted by Gasteiger charge is 2.19. The average Bonchev–Trinajstić information content (AvgIpc) is 3.31. The molecule has 9 heteroatoms. The fourth-order valence-electron chi connectivity index (χ4n) is 3.47. The maximum absolute atomic E-state index is 12.5. The molecule has 1 aliphatic heterocycles. The number of carbonyl (C=O) groups is 1. The van der Waals surface area contributed by atoms with Crippen LogP contribution in [0.3, 0.4) is 0 Å². The minimum absolute atomic E-state index is 0. The van der Waals surface area contributed by atoms with E-state index in [9.17, 15) is 4.79 Å². The van der Waals surface area contributed by atoms with E-state index in [0.717, 1.165) is 41.8 Å². The summed E-state index contributed by atoms with van der Waals surface area (Å²) < 4.78 is 1.71. The van der Waals surface area contributed by atoms with Crippen LogP contribution < -0.4 is 10.6 Å². The lowest BCUT2D eigenvalue weighted by Crippen LogP contribution is -2.27. The number of halogens is 2. The zero-order chi connectivity index (χ0) is 17.9. The van der Waals surface area contributed by atoms with Crippen LogP contribution in [0.5, 0.6) is 0 Å². The molecule has 1 aliphatic rings. The van der Waals surface area contributed by atoms with Crippen molar-refractivity contribution in [3.05, 3.63) is 47.9 Å². The molecule has 1 fully saturated rings. The summed E-state index contributed by atoms with van der Waals surface area (Å²) in [5.74, 6) is 0.480. The van der Waals surface area contributed by atoms with Crippen LogP contribution in [0, 0.1) is 12.8 Å². The fourth-order valence-corrected chi connectivity index (χ4v) is 3.47. The summed E-state index contributed by atoms with van der Waals surface area (Å²) in [5.41, 5.74) is 2.85. The minimum Gasteiger partial charge on any atom is -0.351 e. The van der Waals surface area contributed by atoms with Crippen LogP contribution in [0.25, 0.3) is 16.6 Å². The number of carbonyl (C=O) groups excluding carboxylic acids is 1. The summed E-state index contributed by atoms with van der Waals surface area (Å²) in [6.45, 7) is 4.65. The second kappa shape index (κ2) is 9.82. The molecule has 0 spiro atoms. The minimum atomic E-state index is -0.168. The molecule has 0 radical (unpaired) electrons. The second-order valence-corrected chi connectivity index (χ2v) is 6.69. The Kier molecular flexibility index (Phi) is 7.74. The molecule has 2 N–H and O–H groups in total. The SMILES string of the molecule is Cc1c(C(=O)NCCC2CCNC2)nnn1-c1cccc2ncccc12.Cl.Cl. The van der Waals surface area contributed by atoms with Crippen molar-refractivity contribution in [3.8, 4) is 5.69 Å². The van der Waals surface area contributed by atoms with Crippen molar-refractivity contribution in [2.24, 2.45) is 5.92 Å². The largest absolute Gasteiger partial charge is 0.351 e. The molecule has 0 aliphatic carbocycles. The summed E-state index contributed by atoms with van der Waals surface area (Å²) in [4.78, 5) is 16.9. The number of nitrogens with one attached hydrogen (secondary N) is 2. The predicted molar refractivity (Wildman–Crippen MR) is 114 cm³/mol. The van der Waals surface area contributed by atoms with Gasteiger partial charge in [-0.05, 0) is 63.0 Å². The lowest BCUT2D eigenvalue weighted by atomic mass is 10.1. The van der Waals surface area contributed by atoms with E-state index in [0.29, 0.717) is 18.2 Å². The molecule has 1 unspecified atom stereocenters. The van der Waals surface area contributed by atoms with Crippen molar-refractivity contribution in [1.29, 1.82) is 0 Å². The molecule has 7 nitrogen and oxygen atoms in total. The van der Waals surface area contributed by atoms with Gasteiger partial charge < -0.3 is 10.6 Å². The third-order valence-electron chi connectivity index (χ3n) is 4.96. The van der Waals surface area contributed by atoms with Gasteiger partial charge in [-0.2, -0.15) is 0 Å². The summed E-state index contributed by atoms with van der Waals surface area (Å²) in [6, 6.07) is 9.73. The highest BCUT2D eigenvalue weighted by atomic mass is 35.5. The van der Waals surface area contributed by atoms with Gasteiger partial charge in [0.05, 0.1) is 16.9 Å². The summed E-state index contributed by atoms with van der Waals surface area (Å²) in [7, 11) is 0. The third-order valence-corrected chi connectivity index (χ3v) is 4.96. The van der Waals surface area contributed by atoms with Crippen molar-refractivity contribution in [2.75, 3.05) is 19.6 Å².